The standard InChI is InChI=1S/C14H20ClNO/c1-10-7-8-17-14(10)13(16-2)9-11-3-5-12(15)6-4-11/h3-6,10,13-14,16H,7-9H2,1-2H3. The minimum atomic E-state index is 0.329. The maximum absolute atomic E-state index is 5.89. The van der Waals surface area contributed by atoms with Crippen LogP contribution in [0.4, 0.5) is 0 Å². The summed E-state index contributed by atoms with van der Waals surface area (Å²) in [6, 6.07) is 8.46. The molecule has 0 aromatic heterocycles. The Balaban J connectivity index is 2.01. The van der Waals surface area contributed by atoms with E-state index in [-0.39, 0.29) is 0 Å². The molecule has 1 saturated heterocycles. The van der Waals surface area contributed by atoms with E-state index in [1.807, 2.05) is 19.2 Å². The SMILES string of the molecule is CNC(Cc1ccc(Cl)cc1)C1OCCC1C. The van der Waals surface area contributed by atoms with Crippen molar-refractivity contribution in [2.24, 2.45) is 5.92 Å². The molecule has 1 heterocycles. The number of ether oxygens (including phenoxy) is 1. The highest BCUT2D eigenvalue weighted by molar-refractivity contribution is 6.30. The zero-order chi connectivity index (χ0) is 12.3. The summed E-state index contributed by atoms with van der Waals surface area (Å²) in [6.07, 6.45) is 2.49. The maximum Gasteiger partial charge on any atom is 0.0757 e. The predicted molar refractivity (Wildman–Crippen MR) is 71.5 cm³/mol. The van der Waals surface area contributed by atoms with E-state index in [9.17, 15) is 0 Å². The Morgan fingerprint density at radius 1 is 1.41 bits per heavy atom. The summed E-state index contributed by atoms with van der Waals surface area (Å²) in [5.74, 6) is 0.639. The fraction of sp³-hybridized carbons (Fsp3) is 0.571. The number of nitrogens with one attached hydrogen (secondary N) is 1. The van der Waals surface area contributed by atoms with Crippen LogP contribution in [-0.2, 0) is 11.2 Å². The van der Waals surface area contributed by atoms with Crippen molar-refractivity contribution >= 4 is 11.6 Å². The first-order chi connectivity index (χ1) is 8.20. The third-order valence-corrected chi connectivity index (χ3v) is 3.83. The van der Waals surface area contributed by atoms with Gasteiger partial charge in [0.1, 0.15) is 0 Å². The molecule has 1 N–H and O–H groups in total. The molecule has 2 rings (SSSR count). The van der Waals surface area contributed by atoms with Crippen LogP contribution in [0.15, 0.2) is 24.3 Å². The lowest BCUT2D eigenvalue weighted by Crippen LogP contribution is -2.41. The molecule has 0 aliphatic carbocycles. The summed E-state index contributed by atoms with van der Waals surface area (Å²) >= 11 is 5.89. The van der Waals surface area contributed by atoms with Gasteiger partial charge in [-0.15, -0.1) is 0 Å². The number of benzene rings is 1. The summed E-state index contributed by atoms with van der Waals surface area (Å²) in [5.41, 5.74) is 1.30. The molecule has 17 heavy (non-hydrogen) atoms. The fourth-order valence-corrected chi connectivity index (χ4v) is 2.61. The Morgan fingerprint density at radius 2 is 2.12 bits per heavy atom. The average Bonchev–Trinajstić information content (AvgIpc) is 2.75. The molecule has 1 aromatic rings. The van der Waals surface area contributed by atoms with Crippen molar-refractivity contribution in [1.82, 2.24) is 5.32 Å². The van der Waals surface area contributed by atoms with E-state index in [2.05, 4.69) is 24.4 Å². The molecule has 0 spiro atoms. The maximum atomic E-state index is 5.89. The third-order valence-electron chi connectivity index (χ3n) is 3.58. The zero-order valence-corrected chi connectivity index (χ0v) is 11.2. The summed E-state index contributed by atoms with van der Waals surface area (Å²) in [4.78, 5) is 0. The van der Waals surface area contributed by atoms with E-state index in [1.165, 1.54) is 12.0 Å². The van der Waals surface area contributed by atoms with Crippen molar-refractivity contribution in [2.75, 3.05) is 13.7 Å². The van der Waals surface area contributed by atoms with Gasteiger partial charge in [-0.25, -0.2) is 0 Å². The average molecular weight is 254 g/mol. The number of rotatable bonds is 4. The molecule has 3 unspecified atom stereocenters. The number of halogens is 1. The van der Waals surface area contributed by atoms with Crippen molar-refractivity contribution in [3.63, 3.8) is 0 Å². The molecule has 2 nitrogen and oxygen atoms in total. The highest BCUT2D eigenvalue weighted by Gasteiger charge is 2.31. The van der Waals surface area contributed by atoms with Crippen molar-refractivity contribution < 1.29 is 4.74 Å². The lowest BCUT2D eigenvalue weighted by molar-refractivity contribution is 0.0634. The second-order valence-electron chi connectivity index (χ2n) is 4.83. The van der Waals surface area contributed by atoms with Gasteiger partial charge >= 0.3 is 0 Å². The highest BCUT2D eigenvalue weighted by Crippen LogP contribution is 2.24. The van der Waals surface area contributed by atoms with Crippen LogP contribution in [0.5, 0.6) is 0 Å². The molecule has 0 radical (unpaired) electrons. The first-order valence-corrected chi connectivity index (χ1v) is 6.62. The number of hydrogen-bond acceptors (Lipinski definition) is 2. The molecule has 0 amide bonds. The Hall–Kier alpha value is -0.570. The van der Waals surface area contributed by atoms with Gasteiger partial charge in [-0.3, -0.25) is 0 Å². The number of likely N-dealkylation sites (N-methyl/N-ethyl adjacent to an activating group) is 1. The largest absolute Gasteiger partial charge is 0.376 e. The van der Waals surface area contributed by atoms with Crippen LogP contribution in [0.25, 0.3) is 0 Å². The van der Waals surface area contributed by atoms with E-state index in [0.29, 0.717) is 18.1 Å². The monoisotopic (exact) mass is 253 g/mol. The van der Waals surface area contributed by atoms with Gasteiger partial charge in [0, 0.05) is 17.7 Å². The van der Waals surface area contributed by atoms with Crippen LogP contribution >= 0.6 is 11.6 Å². The van der Waals surface area contributed by atoms with Gasteiger partial charge < -0.3 is 10.1 Å². The third kappa shape index (κ3) is 3.21. The first-order valence-electron chi connectivity index (χ1n) is 6.24. The van der Waals surface area contributed by atoms with E-state index < -0.39 is 0 Å². The molecule has 0 saturated carbocycles. The van der Waals surface area contributed by atoms with Crippen LogP contribution < -0.4 is 5.32 Å². The van der Waals surface area contributed by atoms with Gasteiger partial charge in [-0.2, -0.15) is 0 Å². The lowest BCUT2D eigenvalue weighted by atomic mass is 9.93. The van der Waals surface area contributed by atoms with Gasteiger partial charge in [0.2, 0.25) is 0 Å². The Kier molecular flexibility index (Phi) is 4.43. The minimum absolute atomic E-state index is 0.329. The van der Waals surface area contributed by atoms with Gasteiger partial charge in [-0.05, 0) is 43.5 Å². The lowest BCUT2D eigenvalue weighted by Gasteiger charge is -2.25. The Morgan fingerprint density at radius 3 is 2.65 bits per heavy atom. The smallest absolute Gasteiger partial charge is 0.0757 e. The summed E-state index contributed by atoms with van der Waals surface area (Å²) in [5, 5.41) is 4.17. The number of hydrogen-bond donors (Lipinski definition) is 1. The fourth-order valence-electron chi connectivity index (χ4n) is 2.49. The molecular weight excluding hydrogens is 234 g/mol. The second-order valence-corrected chi connectivity index (χ2v) is 5.26. The van der Waals surface area contributed by atoms with E-state index in [1.54, 1.807) is 0 Å². The molecule has 3 atom stereocenters. The molecule has 94 valence electrons. The van der Waals surface area contributed by atoms with Crippen LogP contribution in [0.2, 0.25) is 5.02 Å². The second kappa shape index (κ2) is 5.85. The van der Waals surface area contributed by atoms with Crippen LogP contribution in [0, 0.1) is 5.92 Å². The normalized spacial score (nSPS) is 26.1. The Labute approximate surface area is 108 Å². The van der Waals surface area contributed by atoms with Gasteiger partial charge in [0.05, 0.1) is 6.10 Å². The molecule has 3 heteroatoms. The molecule has 1 aliphatic heterocycles. The Bertz CT molecular complexity index is 352. The minimum Gasteiger partial charge on any atom is -0.376 e. The van der Waals surface area contributed by atoms with Crippen LogP contribution in [0.1, 0.15) is 18.9 Å². The summed E-state index contributed by atoms with van der Waals surface area (Å²) in [6.45, 7) is 3.16. The zero-order valence-electron chi connectivity index (χ0n) is 10.4. The van der Waals surface area contributed by atoms with E-state index >= 15 is 0 Å². The van der Waals surface area contributed by atoms with Gasteiger partial charge in [-0.1, -0.05) is 30.7 Å². The van der Waals surface area contributed by atoms with Crippen molar-refractivity contribution in [3.05, 3.63) is 34.9 Å². The first kappa shape index (κ1) is 12.9. The van der Waals surface area contributed by atoms with Crippen molar-refractivity contribution in [1.29, 1.82) is 0 Å². The molecule has 1 fully saturated rings. The van der Waals surface area contributed by atoms with Crippen LogP contribution in [0.3, 0.4) is 0 Å². The molecular formula is C14H20ClNO. The molecule has 1 aliphatic rings. The summed E-state index contributed by atoms with van der Waals surface area (Å²) in [7, 11) is 2.01. The van der Waals surface area contributed by atoms with Crippen molar-refractivity contribution in [2.45, 2.75) is 31.9 Å². The van der Waals surface area contributed by atoms with Gasteiger partial charge in [0.15, 0.2) is 0 Å². The van der Waals surface area contributed by atoms with Gasteiger partial charge in [0.25, 0.3) is 0 Å². The topological polar surface area (TPSA) is 21.3 Å². The van der Waals surface area contributed by atoms with Crippen LogP contribution in [-0.4, -0.2) is 25.8 Å². The van der Waals surface area contributed by atoms with E-state index in [0.717, 1.165) is 18.1 Å². The quantitative estimate of drug-likeness (QED) is 0.891. The summed E-state index contributed by atoms with van der Waals surface area (Å²) < 4.78 is 5.83. The molecule has 1 aromatic carbocycles. The highest BCUT2D eigenvalue weighted by atomic mass is 35.5. The predicted octanol–water partition coefficient (Wildman–Crippen LogP) is 2.90. The van der Waals surface area contributed by atoms with Crippen molar-refractivity contribution in [3.8, 4) is 0 Å². The van der Waals surface area contributed by atoms with E-state index in [4.69, 9.17) is 16.3 Å². The molecule has 0 bridgehead atoms.